The number of aromatic carboxylic acids is 1. The molecule has 85 heavy (non-hydrogen) atoms. The van der Waals surface area contributed by atoms with E-state index in [-0.39, 0.29) is 84.7 Å². The zero-order valence-electron chi connectivity index (χ0n) is 49.3. The first kappa shape index (κ1) is 78.9. The first-order valence-corrected chi connectivity index (χ1v) is 28.0. The number of amides is 6. The number of carbonyl (C=O) groups excluding carboxylic acids is 7. The van der Waals surface area contributed by atoms with Gasteiger partial charge in [-0.1, -0.05) is 26.0 Å². The first-order valence-electron chi connectivity index (χ1n) is 28.0. The van der Waals surface area contributed by atoms with Crippen LogP contribution in [0.4, 0.5) is 8.78 Å². The number of methoxy groups -OCH3 is 2. The third kappa shape index (κ3) is 40.0. The average molecular weight is 1210 g/mol. The lowest BCUT2D eigenvalue weighted by atomic mass is 9.80. The van der Waals surface area contributed by atoms with Crippen LogP contribution in [0, 0.1) is 29.4 Å². The predicted octanol–water partition coefficient (Wildman–Crippen LogP) is -5.18. The maximum atomic E-state index is 14.1. The van der Waals surface area contributed by atoms with Gasteiger partial charge in [-0.25, -0.2) is 13.6 Å². The van der Waals surface area contributed by atoms with Gasteiger partial charge in [0.05, 0.1) is 43.5 Å². The lowest BCUT2D eigenvalue weighted by molar-refractivity contribution is -0.134. The molecule has 0 fully saturated rings. The molecule has 6 amide bonds. The highest BCUT2D eigenvalue weighted by Crippen LogP contribution is 2.16. The molecule has 0 saturated carbocycles. The molecule has 0 aromatic heterocycles. The maximum absolute atomic E-state index is 14.1. The average Bonchev–Trinajstić information content (AvgIpc) is 3.67. The lowest BCUT2D eigenvalue weighted by Crippen LogP contribution is -2.40. The second-order valence-electron chi connectivity index (χ2n) is 18.9. The summed E-state index contributed by atoms with van der Waals surface area (Å²) in [5, 5.41) is 69.4. The second kappa shape index (κ2) is 50.1. The SMILES string of the molecule is COCCOCCCNC(=O)C(C)CC(=O)NCCNCCN.COCCOCCCNC(=O)C(CC(=O)NCCNCCNC(=O)c1ccc(B(O)O)cc1F)CC(=O)C(C)CC(=O)NCCNCCN.O=C(O)c1ccc(B(O)O)cc1F. The molecule has 0 radical (unpaired) electrons. The van der Waals surface area contributed by atoms with E-state index in [1.54, 1.807) is 28.1 Å². The highest BCUT2D eigenvalue weighted by atomic mass is 19.1. The Balaban J connectivity index is 0.00000159. The van der Waals surface area contributed by atoms with Crippen LogP contribution >= 0.6 is 0 Å². The molecule has 0 bridgehead atoms. The number of carbonyl (C=O) groups is 8. The summed E-state index contributed by atoms with van der Waals surface area (Å²) < 4.78 is 47.4. The highest BCUT2D eigenvalue weighted by molar-refractivity contribution is 6.59. The molecule has 28 nitrogen and oxygen atoms in total. The molecular weight excluding hydrogens is 1120 g/mol. The minimum Gasteiger partial charge on any atom is -0.478 e. The Labute approximate surface area is 496 Å². The normalized spacial score (nSPS) is 11.7. The van der Waals surface area contributed by atoms with Crippen LogP contribution in [-0.4, -0.2) is 232 Å². The standard InChI is InChI=1S/C31H53BFN7O9.C15H32N4O4.C7H6BFO4/c1-22(18-28(42)37-12-9-35-8-6-34)27(41)19-23(30(44)39-7-3-15-49-17-16-48-2)20-29(43)38-13-10-36-11-14-40-31(45)25-5-4-24(32(46)47)21-26(25)33;1-13(12-14(20)18-8-7-17-6-4-16)15(21)19-5-3-9-23-11-10-22-2;9-6-3-4(8(12)13)1-2-5(6)7(10)11/h4-5,21-23,35-36,46-47H,3,6-20,34H2,1-2H3,(H,37,42)(H,38,43)(H,39,44)(H,40,45);13,17H,3-12,16H2,1-2H3,(H,18,20)(H,19,21);1-3,12-13H,(H,10,11). The molecule has 0 aliphatic rings. The fourth-order valence-corrected chi connectivity index (χ4v) is 7.03. The third-order valence-electron chi connectivity index (χ3n) is 11.8. The van der Waals surface area contributed by atoms with Gasteiger partial charge in [-0.05, 0) is 48.0 Å². The van der Waals surface area contributed by atoms with E-state index in [0.717, 1.165) is 43.3 Å². The van der Waals surface area contributed by atoms with E-state index in [2.05, 4.69) is 47.9 Å². The molecule has 3 unspecified atom stereocenters. The van der Waals surface area contributed by atoms with Crippen molar-refractivity contribution < 1.29 is 91.3 Å². The summed E-state index contributed by atoms with van der Waals surface area (Å²) in [7, 11) is -0.455. The number of Topliss-reactive ketones (excluding diaryl/α,β-unsaturated/α-hetero) is 1. The number of nitrogens with one attached hydrogen (secondary N) is 9. The predicted molar refractivity (Wildman–Crippen MR) is 313 cm³/mol. The monoisotopic (exact) mass is 1210 g/mol. The van der Waals surface area contributed by atoms with E-state index in [4.69, 9.17) is 55.6 Å². The van der Waals surface area contributed by atoms with Gasteiger partial charge >= 0.3 is 20.2 Å². The maximum Gasteiger partial charge on any atom is 0.488 e. The Morgan fingerprint density at radius 3 is 1.33 bits per heavy atom. The zero-order chi connectivity index (χ0) is 63.8. The molecule has 2 rings (SSSR count). The minimum atomic E-state index is -1.85. The van der Waals surface area contributed by atoms with Crippen LogP contribution in [0.25, 0.3) is 0 Å². The number of halogens is 2. The number of ketones is 1. The summed E-state index contributed by atoms with van der Waals surface area (Å²) in [6.45, 7) is 12.7. The number of carboxylic acid groups (broad SMARTS) is 1. The van der Waals surface area contributed by atoms with Gasteiger partial charge in [-0.3, -0.25) is 33.6 Å². The molecule has 2 aromatic rings. The molecule has 18 N–H and O–H groups in total. The van der Waals surface area contributed by atoms with Gasteiger partial charge in [0.15, 0.2) is 0 Å². The first-order chi connectivity index (χ1) is 40.6. The summed E-state index contributed by atoms with van der Waals surface area (Å²) >= 11 is 0. The largest absolute Gasteiger partial charge is 0.488 e. The molecule has 480 valence electrons. The summed E-state index contributed by atoms with van der Waals surface area (Å²) in [4.78, 5) is 97.1. The van der Waals surface area contributed by atoms with E-state index in [9.17, 15) is 47.1 Å². The molecule has 0 heterocycles. The molecule has 3 atom stereocenters. The molecule has 32 heteroatoms. The number of carboxylic acids is 1. The van der Waals surface area contributed by atoms with Crippen molar-refractivity contribution in [2.45, 2.75) is 52.4 Å². The Hall–Kier alpha value is -6.13. The van der Waals surface area contributed by atoms with Crippen molar-refractivity contribution in [3.63, 3.8) is 0 Å². The number of ether oxygens (including phenoxy) is 4. The Morgan fingerprint density at radius 1 is 0.494 bits per heavy atom. The second-order valence-corrected chi connectivity index (χ2v) is 18.9. The van der Waals surface area contributed by atoms with Gasteiger partial charge in [-0.2, -0.15) is 0 Å². The number of rotatable bonds is 45. The van der Waals surface area contributed by atoms with E-state index >= 15 is 0 Å². The topological polar surface area (TPSA) is 435 Å². The van der Waals surface area contributed by atoms with Gasteiger partial charge in [0.2, 0.25) is 29.5 Å². The Bertz CT molecular complexity index is 2250. The van der Waals surface area contributed by atoms with Crippen molar-refractivity contribution in [2.24, 2.45) is 29.2 Å². The van der Waals surface area contributed by atoms with Crippen LogP contribution in [0.15, 0.2) is 36.4 Å². The zero-order valence-corrected chi connectivity index (χ0v) is 49.3. The van der Waals surface area contributed by atoms with Gasteiger partial charge in [-0.15, -0.1) is 0 Å². The lowest BCUT2D eigenvalue weighted by Gasteiger charge is -2.18. The van der Waals surface area contributed by atoms with Gasteiger partial charge in [0.1, 0.15) is 17.4 Å². The van der Waals surface area contributed by atoms with Crippen LogP contribution in [0.3, 0.4) is 0 Å². The molecule has 0 saturated heterocycles. The van der Waals surface area contributed by atoms with Gasteiger partial charge in [0.25, 0.3) is 5.91 Å². The van der Waals surface area contributed by atoms with Crippen LogP contribution in [0.1, 0.15) is 73.1 Å². The summed E-state index contributed by atoms with van der Waals surface area (Å²) in [6, 6.07) is 6.15. The highest BCUT2D eigenvalue weighted by Gasteiger charge is 2.28. The molecule has 0 aliphatic heterocycles. The Morgan fingerprint density at radius 2 is 0.906 bits per heavy atom. The summed E-state index contributed by atoms with van der Waals surface area (Å²) in [5.74, 6) is -7.60. The van der Waals surface area contributed by atoms with Gasteiger partial charge < -0.3 is 103 Å². The fourth-order valence-electron chi connectivity index (χ4n) is 7.03. The van der Waals surface area contributed by atoms with E-state index < -0.39 is 67.0 Å². The summed E-state index contributed by atoms with van der Waals surface area (Å²) in [5.41, 5.74) is 9.86. The molecule has 0 spiro atoms. The van der Waals surface area contributed by atoms with Crippen LogP contribution < -0.4 is 70.2 Å². The van der Waals surface area contributed by atoms with Crippen molar-refractivity contribution in [2.75, 3.05) is 145 Å². The van der Waals surface area contributed by atoms with Crippen LogP contribution in [-0.2, 0) is 47.7 Å². The van der Waals surface area contributed by atoms with Crippen molar-refractivity contribution in [3.05, 3.63) is 59.2 Å². The van der Waals surface area contributed by atoms with Crippen LogP contribution in [0.5, 0.6) is 0 Å². The van der Waals surface area contributed by atoms with E-state index in [0.29, 0.717) is 118 Å². The van der Waals surface area contributed by atoms with Crippen LogP contribution in [0.2, 0.25) is 0 Å². The number of benzene rings is 2. The molecular formula is C53H91B2F2N11O17. The Kier molecular flexibility index (Phi) is 46.5. The number of hydrogen-bond donors (Lipinski definition) is 16. The molecule has 0 aliphatic carbocycles. The summed E-state index contributed by atoms with van der Waals surface area (Å²) in [6.07, 6.45) is 0.962. The smallest absolute Gasteiger partial charge is 0.478 e. The van der Waals surface area contributed by atoms with Crippen molar-refractivity contribution in [3.8, 4) is 0 Å². The van der Waals surface area contributed by atoms with Crippen molar-refractivity contribution in [1.82, 2.24) is 47.9 Å². The van der Waals surface area contributed by atoms with E-state index in [1.807, 2.05) is 0 Å². The fraction of sp³-hybridized carbons (Fsp3) is 0.623. The minimum absolute atomic E-state index is 0.0454. The number of hydrogen-bond acceptors (Lipinski definition) is 21. The third-order valence-corrected chi connectivity index (χ3v) is 11.8. The quantitative estimate of drug-likeness (QED) is 0.0218. The van der Waals surface area contributed by atoms with Gasteiger partial charge in [0, 0.05) is 157 Å². The van der Waals surface area contributed by atoms with Crippen molar-refractivity contribution in [1.29, 1.82) is 0 Å². The molecule has 2 aromatic carbocycles. The van der Waals surface area contributed by atoms with Crippen molar-refractivity contribution >= 4 is 72.4 Å². The number of nitrogens with two attached hydrogens (primary N) is 2. The van der Waals surface area contributed by atoms with E-state index in [1.165, 1.54) is 6.07 Å².